The van der Waals surface area contributed by atoms with Crippen molar-refractivity contribution in [1.82, 2.24) is 14.8 Å². The first-order chi connectivity index (χ1) is 25.6. The zero-order valence-corrected chi connectivity index (χ0v) is 35.7. The summed E-state index contributed by atoms with van der Waals surface area (Å²) < 4.78 is 73.8. The highest BCUT2D eigenvalue weighted by atomic mass is 32.2. The topological polar surface area (TPSA) is 166 Å². The molecule has 0 aliphatic rings. The van der Waals surface area contributed by atoms with Gasteiger partial charge >= 0.3 is 20.4 Å². The standard InChI is InChI=1S/C40H55N3O9S2Si/c1-30(2)36(42-38(45)51-39(3,4)5)25-27-54(48,49)43-32(24-26-53(46,47)41-29-37(44)50-9)28-31-20-22-33(23-21-31)52-55(40(6,7)8,34-16-12-10-13-17-34)35-18-14-11-15-19-35/h10-27,30,32,36,41,43H,28-29H2,1-9H3,(H,42,45)/b26-24+,27-25+/t32-,36-/m1/s1. The van der Waals surface area contributed by atoms with Crippen LogP contribution < -0.4 is 29.6 Å². The molecule has 0 aliphatic carbocycles. The number of nitrogens with one attached hydrogen (secondary N) is 3. The molecule has 12 nitrogen and oxygen atoms in total. The van der Waals surface area contributed by atoms with Gasteiger partial charge in [0.1, 0.15) is 17.9 Å². The maximum absolute atomic E-state index is 13.4. The molecule has 0 bridgehead atoms. The van der Waals surface area contributed by atoms with Gasteiger partial charge < -0.3 is 19.2 Å². The second-order valence-corrected chi connectivity index (χ2v) is 22.9. The van der Waals surface area contributed by atoms with Crippen LogP contribution in [0.5, 0.6) is 5.75 Å². The minimum absolute atomic E-state index is 0.0549. The van der Waals surface area contributed by atoms with Crippen LogP contribution in [0, 0.1) is 5.92 Å². The Morgan fingerprint density at radius 1 is 0.764 bits per heavy atom. The maximum atomic E-state index is 13.4. The van der Waals surface area contributed by atoms with Crippen LogP contribution in [0.1, 0.15) is 61.0 Å². The SMILES string of the molecule is COC(=O)CNS(=O)(=O)/C=C/[C@H](Cc1ccc(O[Si](c2ccccc2)(c2ccccc2)C(C)(C)C)cc1)NS(=O)(=O)/C=C/[C@@H](NC(=O)OC(C)(C)C)C(C)C. The Morgan fingerprint density at radius 3 is 1.76 bits per heavy atom. The van der Waals surface area contributed by atoms with Crippen molar-refractivity contribution in [2.75, 3.05) is 13.7 Å². The Labute approximate surface area is 328 Å². The van der Waals surface area contributed by atoms with E-state index in [4.69, 9.17) is 9.16 Å². The number of rotatable bonds is 17. The molecule has 0 unspecified atom stereocenters. The van der Waals surface area contributed by atoms with Crippen LogP contribution in [0.15, 0.2) is 108 Å². The van der Waals surface area contributed by atoms with E-state index in [0.717, 1.165) is 28.3 Å². The molecule has 0 saturated carbocycles. The fraction of sp³-hybridized carbons (Fsp3) is 0.400. The lowest BCUT2D eigenvalue weighted by Gasteiger charge is -2.43. The van der Waals surface area contributed by atoms with Gasteiger partial charge in [0.25, 0.3) is 0 Å². The summed E-state index contributed by atoms with van der Waals surface area (Å²) in [6.07, 6.45) is 1.88. The minimum atomic E-state index is -4.19. The second-order valence-electron chi connectivity index (χ2n) is 15.4. The van der Waals surface area contributed by atoms with Crippen molar-refractivity contribution in [3.63, 3.8) is 0 Å². The molecule has 0 aliphatic heterocycles. The van der Waals surface area contributed by atoms with Crippen LogP contribution in [-0.2, 0) is 40.7 Å². The molecule has 0 fully saturated rings. The molecule has 15 heteroatoms. The highest BCUT2D eigenvalue weighted by Gasteiger charge is 2.52. The summed E-state index contributed by atoms with van der Waals surface area (Å²) in [6.45, 7) is 14.7. The minimum Gasteiger partial charge on any atom is -0.534 e. The molecule has 3 N–H and O–H groups in total. The fourth-order valence-corrected chi connectivity index (χ4v) is 12.0. The quantitative estimate of drug-likeness (QED) is 0.124. The van der Waals surface area contributed by atoms with Crippen molar-refractivity contribution in [3.8, 4) is 5.75 Å². The smallest absolute Gasteiger partial charge is 0.408 e. The molecule has 3 rings (SSSR count). The largest absolute Gasteiger partial charge is 0.534 e. The molecule has 0 aromatic heterocycles. The Kier molecular flexibility index (Phi) is 15.6. The molecule has 0 heterocycles. The summed E-state index contributed by atoms with van der Waals surface area (Å²) in [5.41, 5.74) is -0.0666. The number of alkyl carbamates (subject to hydrolysis) is 1. The first-order valence-electron chi connectivity index (χ1n) is 17.9. The van der Waals surface area contributed by atoms with Crippen molar-refractivity contribution in [1.29, 1.82) is 0 Å². The van der Waals surface area contributed by atoms with E-state index in [9.17, 15) is 26.4 Å². The van der Waals surface area contributed by atoms with Crippen molar-refractivity contribution >= 4 is 50.8 Å². The van der Waals surface area contributed by atoms with Crippen molar-refractivity contribution in [3.05, 3.63) is 113 Å². The summed E-state index contributed by atoms with van der Waals surface area (Å²) in [5, 5.41) is 6.34. The van der Waals surface area contributed by atoms with Gasteiger partial charge in [-0.2, -0.15) is 0 Å². The van der Waals surface area contributed by atoms with E-state index in [2.05, 4.69) is 64.5 Å². The molecule has 0 saturated heterocycles. The number of carbonyl (C=O) groups excluding carboxylic acids is 2. The highest BCUT2D eigenvalue weighted by molar-refractivity contribution is 7.92. The van der Waals surface area contributed by atoms with Crippen molar-refractivity contribution in [2.24, 2.45) is 5.92 Å². The number of ether oxygens (including phenoxy) is 2. The highest BCUT2D eigenvalue weighted by Crippen LogP contribution is 2.37. The van der Waals surface area contributed by atoms with Crippen molar-refractivity contribution < 1.29 is 40.3 Å². The predicted molar refractivity (Wildman–Crippen MR) is 219 cm³/mol. The summed E-state index contributed by atoms with van der Waals surface area (Å²) in [6, 6.07) is 25.9. The number of methoxy groups -OCH3 is 1. The van der Waals surface area contributed by atoms with Crippen molar-refractivity contribution in [2.45, 2.75) is 84.5 Å². The maximum Gasteiger partial charge on any atom is 0.408 e. The number of hydrogen-bond donors (Lipinski definition) is 3. The van der Waals surface area contributed by atoms with Gasteiger partial charge in [-0.25, -0.2) is 31.1 Å². The van der Waals surface area contributed by atoms with Crippen LogP contribution in [0.4, 0.5) is 4.79 Å². The molecular weight excluding hydrogens is 759 g/mol. The Balaban J connectivity index is 1.95. The predicted octanol–water partition coefficient (Wildman–Crippen LogP) is 5.13. The average Bonchev–Trinajstić information content (AvgIpc) is 3.10. The zero-order chi connectivity index (χ0) is 41.1. The van der Waals surface area contributed by atoms with E-state index < -0.39 is 64.7 Å². The van der Waals surface area contributed by atoms with Crippen LogP contribution in [-0.4, -0.2) is 68.6 Å². The lowest BCUT2D eigenvalue weighted by molar-refractivity contribution is -0.139. The number of amides is 1. The van der Waals surface area contributed by atoms with E-state index in [1.165, 1.54) is 12.2 Å². The molecule has 0 spiro atoms. The Hall–Kier alpha value is -4.28. The third-order valence-electron chi connectivity index (χ3n) is 8.38. The molecule has 3 aromatic carbocycles. The monoisotopic (exact) mass is 813 g/mol. The number of carbonyl (C=O) groups is 2. The molecule has 0 radical (unpaired) electrons. The first kappa shape index (κ1) is 45.1. The summed E-state index contributed by atoms with van der Waals surface area (Å²) in [7, 11) is -10.1. The van der Waals surface area contributed by atoms with Gasteiger partial charge in [-0.15, -0.1) is 0 Å². The molecule has 1 amide bonds. The summed E-state index contributed by atoms with van der Waals surface area (Å²) >= 11 is 0. The lowest BCUT2D eigenvalue weighted by Crippen LogP contribution is -2.68. The van der Waals surface area contributed by atoms with Gasteiger partial charge in [0.05, 0.1) is 13.2 Å². The average molecular weight is 814 g/mol. The van der Waals surface area contributed by atoms with Gasteiger partial charge in [0, 0.05) is 16.9 Å². The first-order valence-corrected chi connectivity index (χ1v) is 22.9. The lowest BCUT2D eigenvalue weighted by atomic mass is 10.1. The summed E-state index contributed by atoms with van der Waals surface area (Å²) in [4.78, 5) is 24.0. The molecule has 3 aromatic rings. The third-order valence-corrected chi connectivity index (χ3v) is 15.5. The van der Waals surface area contributed by atoms with Gasteiger partial charge in [-0.05, 0) is 72.3 Å². The molecular formula is C40H55N3O9S2Si. The summed E-state index contributed by atoms with van der Waals surface area (Å²) in [5.74, 6) is -0.356. The van der Waals surface area contributed by atoms with E-state index in [1.54, 1.807) is 20.8 Å². The van der Waals surface area contributed by atoms with Crippen LogP contribution >= 0.6 is 0 Å². The van der Waals surface area contributed by atoms with Gasteiger partial charge in [0.2, 0.25) is 20.0 Å². The fourth-order valence-electron chi connectivity index (χ4n) is 5.72. The number of sulfonamides is 2. The zero-order valence-electron chi connectivity index (χ0n) is 33.0. The van der Waals surface area contributed by atoms with Crippen LogP contribution in [0.3, 0.4) is 0 Å². The second kappa shape index (κ2) is 19.0. The van der Waals surface area contributed by atoms with Gasteiger partial charge in [-0.3, -0.25) is 4.79 Å². The Bertz CT molecular complexity index is 1950. The Morgan fingerprint density at radius 2 is 1.29 bits per heavy atom. The van der Waals surface area contributed by atoms with E-state index in [-0.39, 0.29) is 17.4 Å². The van der Waals surface area contributed by atoms with Gasteiger partial charge in [0.15, 0.2) is 0 Å². The number of benzene rings is 3. The van der Waals surface area contributed by atoms with Crippen LogP contribution in [0.25, 0.3) is 0 Å². The molecule has 300 valence electrons. The van der Waals surface area contributed by atoms with E-state index in [0.29, 0.717) is 11.3 Å². The molecule has 2 atom stereocenters. The third kappa shape index (κ3) is 14.1. The van der Waals surface area contributed by atoms with E-state index >= 15 is 0 Å². The van der Waals surface area contributed by atoms with Crippen LogP contribution in [0.2, 0.25) is 5.04 Å². The molecule has 55 heavy (non-hydrogen) atoms. The normalized spacial score (nSPS) is 14.1. The van der Waals surface area contributed by atoms with Gasteiger partial charge in [-0.1, -0.05) is 113 Å². The van der Waals surface area contributed by atoms with E-state index in [1.807, 2.05) is 74.5 Å². The number of esters is 1. The number of hydrogen-bond acceptors (Lipinski definition) is 9.